The highest BCUT2D eigenvalue weighted by Gasteiger charge is 2.07. The molecule has 0 spiro atoms. The van der Waals surface area contributed by atoms with Crippen molar-refractivity contribution in [1.29, 1.82) is 0 Å². The first-order valence-electron chi connectivity index (χ1n) is 5.55. The highest BCUT2D eigenvalue weighted by atomic mass is 35.5. The maximum atomic E-state index is 6.07. The zero-order valence-corrected chi connectivity index (χ0v) is 11.0. The zero-order chi connectivity index (χ0) is 13.0. The summed E-state index contributed by atoms with van der Waals surface area (Å²) in [5.74, 6) is 0.665. The fraction of sp³-hybridized carbons (Fsp3) is 0.231. The van der Waals surface area contributed by atoms with Crippen LogP contribution in [0.25, 0.3) is 0 Å². The van der Waals surface area contributed by atoms with Gasteiger partial charge in [-0.2, -0.15) is 0 Å². The second-order valence-electron chi connectivity index (χ2n) is 3.89. The van der Waals surface area contributed by atoms with Crippen LogP contribution in [0.15, 0.2) is 36.9 Å². The number of nitrogens with one attached hydrogen (secondary N) is 1. The van der Waals surface area contributed by atoms with Gasteiger partial charge >= 0.3 is 0 Å². The molecule has 0 radical (unpaired) electrons. The third kappa shape index (κ3) is 2.90. The Balaban J connectivity index is 2.12. The smallest absolute Gasteiger partial charge is 0.137 e. The molecule has 2 rings (SSSR count). The average Bonchev–Trinajstić information content (AvgIpc) is 2.40. The predicted octanol–water partition coefficient (Wildman–Crippen LogP) is 3.31. The number of halogens is 1. The monoisotopic (exact) mass is 263 g/mol. The summed E-state index contributed by atoms with van der Waals surface area (Å²) in [7, 11) is 1.60. The number of aromatic nitrogens is 2. The summed E-state index contributed by atoms with van der Waals surface area (Å²) in [5.41, 5.74) is 1.95. The van der Waals surface area contributed by atoms with Gasteiger partial charge in [-0.15, -0.1) is 0 Å². The van der Waals surface area contributed by atoms with Crippen molar-refractivity contribution in [3.8, 4) is 5.75 Å². The van der Waals surface area contributed by atoms with Crippen molar-refractivity contribution in [3.05, 3.63) is 47.5 Å². The molecule has 0 aliphatic carbocycles. The Hall–Kier alpha value is -1.81. The van der Waals surface area contributed by atoms with E-state index in [4.69, 9.17) is 16.3 Å². The highest BCUT2D eigenvalue weighted by molar-refractivity contribution is 6.32. The molecule has 94 valence electrons. The van der Waals surface area contributed by atoms with E-state index in [9.17, 15) is 0 Å². The Bertz CT molecular complexity index is 519. The maximum absolute atomic E-state index is 6.07. The fourth-order valence-corrected chi connectivity index (χ4v) is 1.88. The van der Waals surface area contributed by atoms with Crippen molar-refractivity contribution in [2.45, 2.75) is 13.0 Å². The quantitative estimate of drug-likeness (QED) is 0.919. The second-order valence-corrected chi connectivity index (χ2v) is 4.29. The molecule has 0 saturated carbocycles. The lowest BCUT2D eigenvalue weighted by Gasteiger charge is -2.15. The van der Waals surface area contributed by atoms with Crippen LogP contribution >= 0.6 is 11.6 Å². The Kier molecular flexibility index (Phi) is 3.99. The molecule has 0 amide bonds. The Morgan fingerprint density at radius 2 is 2.00 bits per heavy atom. The van der Waals surface area contributed by atoms with Gasteiger partial charge in [0.2, 0.25) is 0 Å². The van der Waals surface area contributed by atoms with Crippen LogP contribution < -0.4 is 10.1 Å². The molecule has 1 aromatic carbocycles. The summed E-state index contributed by atoms with van der Waals surface area (Å²) in [6, 6.07) is 5.69. The van der Waals surface area contributed by atoms with Gasteiger partial charge in [-0.3, -0.25) is 0 Å². The lowest BCUT2D eigenvalue weighted by molar-refractivity contribution is 0.415. The average molecular weight is 264 g/mol. The van der Waals surface area contributed by atoms with Crippen molar-refractivity contribution in [3.63, 3.8) is 0 Å². The van der Waals surface area contributed by atoms with E-state index in [1.54, 1.807) is 19.5 Å². The topological polar surface area (TPSA) is 47.0 Å². The normalized spacial score (nSPS) is 11.9. The van der Waals surface area contributed by atoms with Gasteiger partial charge in [-0.05, 0) is 25.1 Å². The molecule has 0 bridgehead atoms. The van der Waals surface area contributed by atoms with Crippen LogP contribution in [0.4, 0.5) is 5.69 Å². The van der Waals surface area contributed by atoms with Crippen LogP contribution in [0.3, 0.4) is 0 Å². The van der Waals surface area contributed by atoms with Gasteiger partial charge < -0.3 is 10.1 Å². The first-order chi connectivity index (χ1) is 8.70. The van der Waals surface area contributed by atoms with Crippen LogP contribution in [-0.2, 0) is 0 Å². The summed E-state index contributed by atoms with van der Waals surface area (Å²) in [6.45, 7) is 2.04. The van der Waals surface area contributed by atoms with Crippen molar-refractivity contribution >= 4 is 17.3 Å². The van der Waals surface area contributed by atoms with E-state index < -0.39 is 0 Å². The summed E-state index contributed by atoms with van der Waals surface area (Å²) in [6.07, 6.45) is 5.09. The largest absolute Gasteiger partial charge is 0.495 e. The minimum absolute atomic E-state index is 0.107. The van der Waals surface area contributed by atoms with Gasteiger partial charge in [0.1, 0.15) is 12.1 Å². The molecule has 2 aromatic rings. The summed E-state index contributed by atoms with van der Waals surface area (Å²) in [4.78, 5) is 7.99. The van der Waals surface area contributed by atoms with Crippen molar-refractivity contribution < 1.29 is 4.74 Å². The van der Waals surface area contributed by atoms with Gasteiger partial charge in [-0.25, -0.2) is 9.97 Å². The number of nitrogens with zero attached hydrogens (tertiary/aromatic N) is 2. The summed E-state index contributed by atoms with van der Waals surface area (Å²) >= 11 is 6.07. The van der Waals surface area contributed by atoms with Gasteiger partial charge in [0.25, 0.3) is 0 Å². The van der Waals surface area contributed by atoms with E-state index in [0.29, 0.717) is 10.8 Å². The molecule has 1 N–H and O–H groups in total. The molecule has 1 unspecified atom stereocenters. The molecule has 0 aliphatic rings. The number of benzene rings is 1. The minimum atomic E-state index is 0.107. The number of ether oxygens (including phenoxy) is 1. The molecule has 0 saturated heterocycles. The fourth-order valence-electron chi connectivity index (χ4n) is 1.62. The molecule has 18 heavy (non-hydrogen) atoms. The summed E-state index contributed by atoms with van der Waals surface area (Å²) in [5, 5.41) is 3.91. The van der Waals surface area contributed by atoms with Crippen molar-refractivity contribution in [2.24, 2.45) is 0 Å². The molecule has 1 atom stereocenters. The molecule has 0 fully saturated rings. The van der Waals surface area contributed by atoms with Crippen molar-refractivity contribution in [2.75, 3.05) is 12.4 Å². The minimum Gasteiger partial charge on any atom is -0.495 e. The lowest BCUT2D eigenvalue weighted by atomic mass is 10.1. The number of hydrogen-bond donors (Lipinski definition) is 1. The van der Waals surface area contributed by atoms with Crippen LogP contribution in [0, 0.1) is 0 Å². The third-order valence-corrected chi connectivity index (χ3v) is 2.91. The van der Waals surface area contributed by atoms with Gasteiger partial charge in [-0.1, -0.05) is 11.6 Å². The van der Waals surface area contributed by atoms with Gasteiger partial charge in [0.05, 0.1) is 18.2 Å². The molecule has 1 aromatic heterocycles. The number of hydrogen-bond acceptors (Lipinski definition) is 4. The van der Waals surface area contributed by atoms with E-state index in [1.165, 1.54) is 6.33 Å². The van der Waals surface area contributed by atoms with Crippen LogP contribution in [0.2, 0.25) is 5.02 Å². The zero-order valence-electron chi connectivity index (χ0n) is 10.2. The van der Waals surface area contributed by atoms with E-state index in [-0.39, 0.29) is 6.04 Å². The Morgan fingerprint density at radius 1 is 1.28 bits per heavy atom. The van der Waals surface area contributed by atoms with Crippen molar-refractivity contribution in [1.82, 2.24) is 9.97 Å². The molecule has 5 heteroatoms. The van der Waals surface area contributed by atoms with E-state index >= 15 is 0 Å². The van der Waals surface area contributed by atoms with Crippen LogP contribution in [-0.4, -0.2) is 17.1 Å². The number of anilines is 1. The number of rotatable bonds is 4. The van der Waals surface area contributed by atoms with E-state index in [2.05, 4.69) is 15.3 Å². The van der Waals surface area contributed by atoms with Gasteiger partial charge in [0, 0.05) is 23.6 Å². The SMILES string of the molecule is COc1ccc(NC(C)c2cncnc2)cc1Cl. The van der Waals surface area contributed by atoms with Crippen LogP contribution in [0.5, 0.6) is 5.75 Å². The van der Waals surface area contributed by atoms with E-state index in [0.717, 1.165) is 11.3 Å². The molecule has 4 nitrogen and oxygen atoms in total. The molecule has 1 heterocycles. The van der Waals surface area contributed by atoms with Gasteiger partial charge in [0.15, 0.2) is 0 Å². The third-order valence-electron chi connectivity index (χ3n) is 2.62. The predicted molar refractivity (Wildman–Crippen MR) is 72.1 cm³/mol. The van der Waals surface area contributed by atoms with Crippen LogP contribution in [0.1, 0.15) is 18.5 Å². The molecular weight excluding hydrogens is 250 g/mol. The first-order valence-corrected chi connectivity index (χ1v) is 5.93. The highest BCUT2D eigenvalue weighted by Crippen LogP contribution is 2.28. The maximum Gasteiger partial charge on any atom is 0.137 e. The first kappa shape index (κ1) is 12.6. The van der Waals surface area contributed by atoms with E-state index in [1.807, 2.05) is 25.1 Å². The Labute approximate surface area is 111 Å². The number of methoxy groups -OCH3 is 1. The summed E-state index contributed by atoms with van der Waals surface area (Å²) < 4.78 is 5.11. The standard InChI is InChI=1S/C13H14ClN3O/c1-9(10-6-15-8-16-7-10)17-11-3-4-13(18-2)12(14)5-11/h3-9,17H,1-2H3. The lowest BCUT2D eigenvalue weighted by Crippen LogP contribution is -2.07. The Morgan fingerprint density at radius 3 is 2.61 bits per heavy atom. The second kappa shape index (κ2) is 5.69. The molecule has 0 aliphatic heterocycles. The molecular formula is C13H14ClN3O.